The lowest BCUT2D eigenvalue weighted by atomic mass is 10.0. The first-order valence-electron chi connectivity index (χ1n) is 11.3. The number of thioether (sulfide) groups is 1. The van der Waals surface area contributed by atoms with Gasteiger partial charge in [0.2, 0.25) is 11.5 Å². The topological polar surface area (TPSA) is 184 Å². The van der Waals surface area contributed by atoms with Gasteiger partial charge >= 0.3 is 0 Å². The number of carboxylic acid groups (broad SMARTS) is 1. The normalized spacial score (nSPS) is 21.0. The van der Waals surface area contributed by atoms with E-state index >= 15 is 0 Å². The van der Waals surface area contributed by atoms with Gasteiger partial charge in [0.05, 0.1) is 24.3 Å². The molecule has 18 heteroatoms. The molecule has 3 aliphatic rings. The predicted octanol–water partition coefficient (Wildman–Crippen LogP) is -1.89. The maximum Gasteiger partial charge on any atom is 0.278 e. The van der Waals surface area contributed by atoms with Gasteiger partial charge in [-0.25, -0.2) is 8.78 Å². The van der Waals surface area contributed by atoms with Crippen molar-refractivity contribution in [3.8, 4) is 0 Å². The molecule has 1 saturated heterocycles. The lowest BCUT2D eigenvalue weighted by molar-refractivity contribution is -0.768. The Morgan fingerprint density at radius 1 is 1.45 bits per heavy atom. The third kappa shape index (κ3) is 4.87. The van der Waals surface area contributed by atoms with Gasteiger partial charge in [-0.15, -0.1) is 21.1 Å². The van der Waals surface area contributed by atoms with E-state index in [9.17, 15) is 28.3 Å². The molecule has 2 aromatic rings. The molecule has 202 valence electrons. The molecule has 0 bridgehead atoms. The summed E-state index contributed by atoms with van der Waals surface area (Å²) < 4.78 is 32.7. The summed E-state index contributed by atoms with van der Waals surface area (Å²) in [5.41, 5.74) is 5.25. The Labute approximate surface area is 221 Å². The molecule has 38 heavy (non-hydrogen) atoms. The maximum absolute atomic E-state index is 13.0. The number of carboxylic acids is 1. The second-order valence-electron chi connectivity index (χ2n) is 8.39. The molecule has 3 aliphatic heterocycles. The maximum atomic E-state index is 13.0. The number of carbonyl (C=O) groups is 3. The molecule has 2 atom stereocenters. The number of oxime groups is 1. The number of anilines is 2. The zero-order chi connectivity index (χ0) is 27.0. The first-order valence-corrected chi connectivity index (χ1v) is 13.2. The molecule has 0 radical (unpaired) electrons. The van der Waals surface area contributed by atoms with E-state index in [4.69, 9.17) is 5.73 Å². The number of β-lactam (4-membered cyclic amide) rings is 1. The molecule has 2 amide bonds. The second kappa shape index (κ2) is 10.5. The quantitative estimate of drug-likeness (QED) is 0.134. The molecule has 1 fully saturated rings. The van der Waals surface area contributed by atoms with E-state index in [1.807, 2.05) is 21.6 Å². The first kappa shape index (κ1) is 25.8. The van der Waals surface area contributed by atoms with Crippen LogP contribution in [0.15, 0.2) is 28.7 Å². The summed E-state index contributed by atoms with van der Waals surface area (Å²) in [4.78, 5) is 47.5. The van der Waals surface area contributed by atoms with E-state index in [0.717, 1.165) is 41.8 Å². The number of carbonyl (C=O) groups excluding carboxylic acids is 3. The van der Waals surface area contributed by atoms with Crippen molar-refractivity contribution in [1.29, 1.82) is 0 Å². The first-order chi connectivity index (χ1) is 18.2. The minimum Gasteiger partial charge on any atom is -0.543 e. The van der Waals surface area contributed by atoms with E-state index in [1.54, 1.807) is 0 Å². The van der Waals surface area contributed by atoms with Crippen LogP contribution in [0.4, 0.5) is 19.7 Å². The zero-order valence-electron chi connectivity index (χ0n) is 19.5. The molecule has 0 saturated carbocycles. The summed E-state index contributed by atoms with van der Waals surface area (Å²) in [5, 5.41) is 20.5. The van der Waals surface area contributed by atoms with E-state index in [1.165, 1.54) is 11.8 Å². The van der Waals surface area contributed by atoms with Gasteiger partial charge in [-0.2, -0.15) is 9.36 Å². The molecule has 0 unspecified atom stereocenters. The van der Waals surface area contributed by atoms with Crippen LogP contribution in [0.25, 0.3) is 0 Å². The summed E-state index contributed by atoms with van der Waals surface area (Å²) in [6, 6.07) is 0.782. The number of hydrogen-bond donors (Lipinski definition) is 3. The van der Waals surface area contributed by atoms with Crippen LogP contribution in [-0.4, -0.2) is 79.2 Å². The highest BCUT2D eigenvalue weighted by molar-refractivity contribution is 8.00. The molecule has 5 rings (SSSR count). The molecule has 4 N–H and O–H groups in total. The van der Waals surface area contributed by atoms with Crippen LogP contribution < -0.4 is 26.2 Å². The van der Waals surface area contributed by atoms with Crippen molar-refractivity contribution >= 4 is 57.7 Å². The molecule has 0 spiro atoms. The number of halogens is 2. The number of nitrogens with one attached hydrogen (secondary N) is 2. The summed E-state index contributed by atoms with van der Waals surface area (Å²) >= 11 is 2.02. The molecule has 2 aromatic heterocycles. The van der Waals surface area contributed by atoms with Crippen molar-refractivity contribution in [3.63, 3.8) is 0 Å². The smallest absolute Gasteiger partial charge is 0.278 e. The van der Waals surface area contributed by atoms with Gasteiger partial charge < -0.3 is 31.1 Å². The van der Waals surface area contributed by atoms with Crippen molar-refractivity contribution in [2.45, 2.75) is 37.4 Å². The average molecular weight is 570 g/mol. The van der Waals surface area contributed by atoms with Crippen molar-refractivity contribution in [3.05, 3.63) is 29.4 Å². The number of hydrogen-bond acceptors (Lipinski definition) is 12. The predicted molar refractivity (Wildman–Crippen MR) is 128 cm³/mol. The Morgan fingerprint density at radius 2 is 2.26 bits per heavy atom. The molecule has 0 aromatic carbocycles. The molecular weight excluding hydrogens is 548 g/mol. The van der Waals surface area contributed by atoms with Crippen LogP contribution in [-0.2, 0) is 32.3 Å². The number of aromatic nitrogens is 4. The number of nitrogens with zero attached hydrogens (tertiary/aromatic N) is 6. The lowest BCUT2D eigenvalue weighted by Crippen LogP contribution is -2.71. The number of amides is 2. The summed E-state index contributed by atoms with van der Waals surface area (Å²) in [7, 11) is 0. The van der Waals surface area contributed by atoms with Gasteiger partial charge in [0, 0.05) is 29.4 Å². The minimum absolute atomic E-state index is 0.00254. The molecule has 5 heterocycles. The number of rotatable bonds is 9. The third-order valence-electron chi connectivity index (χ3n) is 5.95. The largest absolute Gasteiger partial charge is 0.543 e. The Bertz CT molecular complexity index is 1340. The average Bonchev–Trinajstić information content (AvgIpc) is 3.50. The molecule has 14 nitrogen and oxygen atoms in total. The van der Waals surface area contributed by atoms with Crippen LogP contribution >= 0.6 is 23.3 Å². The summed E-state index contributed by atoms with van der Waals surface area (Å²) in [6.07, 6.45) is -0.0903. The van der Waals surface area contributed by atoms with Crippen molar-refractivity contribution in [2.24, 2.45) is 5.16 Å². The number of nitrogens with two attached hydrogens (primary N) is 1. The fraction of sp³-hybridized carbons (Fsp3) is 0.450. The van der Waals surface area contributed by atoms with Crippen molar-refractivity contribution in [2.75, 3.05) is 30.0 Å². The Kier molecular flexibility index (Phi) is 7.15. The van der Waals surface area contributed by atoms with Crippen molar-refractivity contribution < 1.29 is 37.8 Å². The highest BCUT2D eigenvalue weighted by Gasteiger charge is 2.53. The highest BCUT2D eigenvalue weighted by Crippen LogP contribution is 2.40. The van der Waals surface area contributed by atoms with Crippen molar-refractivity contribution in [1.82, 2.24) is 24.3 Å². The summed E-state index contributed by atoms with van der Waals surface area (Å²) in [6.45, 7) is 0.772. The van der Waals surface area contributed by atoms with Gasteiger partial charge in [-0.05, 0) is 6.42 Å². The van der Waals surface area contributed by atoms with Crippen LogP contribution in [0.2, 0.25) is 0 Å². The fourth-order valence-electron chi connectivity index (χ4n) is 4.32. The monoisotopic (exact) mass is 569 g/mol. The third-order valence-corrected chi connectivity index (χ3v) is 7.83. The van der Waals surface area contributed by atoms with Gasteiger partial charge in [0.1, 0.15) is 11.4 Å². The highest BCUT2D eigenvalue weighted by atomic mass is 32.2. The van der Waals surface area contributed by atoms with E-state index in [2.05, 4.69) is 30.0 Å². The zero-order valence-corrected chi connectivity index (χ0v) is 21.1. The van der Waals surface area contributed by atoms with Gasteiger partial charge in [0.15, 0.2) is 30.3 Å². The fourth-order valence-corrected chi connectivity index (χ4v) is 6.09. The lowest BCUT2D eigenvalue weighted by Gasteiger charge is -2.50. The second-order valence-corrected chi connectivity index (χ2v) is 10.3. The van der Waals surface area contributed by atoms with E-state index < -0.39 is 47.9 Å². The number of aliphatic carboxylic acids is 1. The number of alkyl halides is 2. The summed E-state index contributed by atoms with van der Waals surface area (Å²) in [5.74, 6) is -2.22. The SMILES string of the molecule is Nc1nc(C(=NOCC(F)F)C(=O)N[C@@H]2C(=O)N3C(C(=O)[O-])=C(C[n+]4ccc5n4CCCN5)CS[C@H]23)ns1. The van der Waals surface area contributed by atoms with Gasteiger partial charge in [0.25, 0.3) is 18.2 Å². The number of nitrogen functional groups attached to an aromatic ring is 1. The molecular formula is C20H21F2N9O5S2. The Balaban J connectivity index is 1.33. The van der Waals surface area contributed by atoms with E-state index in [-0.39, 0.29) is 29.0 Å². The van der Waals surface area contributed by atoms with Crippen LogP contribution in [0.5, 0.6) is 0 Å². The Morgan fingerprint density at radius 3 is 2.97 bits per heavy atom. The standard InChI is InChI=1S/C20H21F2N9O5S2/c21-10(22)7-36-27-12(15-26-20(23)38-28-15)16(32)25-13-17(33)31-14(19(34)35)9(8-37-18(13)31)6-29-5-2-11-24-3-1-4-30(11)29/h2,5,10,13,18H,1,3-4,6-8H2,(H4,23,25,26,28,32,34,35)/t13-,18-/m1/s1. The molecule has 0 aliphatic carbocycles. The Hall–Kier alpha value is -3.80. The van der Waals surface area contributed by atoms with Crippen LogP contribution in [0, 0.1) is 0 Å². The minimum atomic E-state index is -2.84. The number of fused-ring (bicyclic) bond motifs is 2. The van der Waals surface area contributed by atoms with E-state index in [0.29, 0.717) is 5.57 Å². The van der Waals surface area contributed by atoms with Crippen LogP contribution in [0.1, 0.15) is 12.2 Å². The van der Waals surface area contributed by atoms with Crippen LogP contribution in [0.3, 0.4) is 0 Å². The van der Waals surface area contributed by atoms with Gasteiger partial charge in [-0.1, -0.05) is 5.16 Å². The van der Waals surface area contributed by atoms with Gasteiger partial charge in [-0.3, -0.25) is 14.5 Å².